The first-order valence-corrected chi connectivity index (χ1v) is 23.2. The van der Waals surface area contributed by atoms with E-state index in [4.69, 9.17) is 25.8 Å². The third-order valence-electron chi connectivity index (χ3n) is 15.4. The second kappa shape index (κ2) is 18.2. The molecule has 1 spiro atoms. The summed E-state index contributed by atoms with van der Waals surface area (Å²) >= 11 is 6.34. The van der Waals surface area contributed by atoms with Gasteiger partial charge in [0.15, 0.2) is 11.9 Å². The van der Waals surface area contributed by atoms with Gasteiger partial charge in [-0.2, -0.15) is 0 Å². The number of amides is 1. The van der Waals surface area contributed by atoms with Gasteiger partial charge in [-0.3, -0.25) is 9.59 Å². The van der Waals surface area contributed by atoms with E-state index in [2.05, 4.69) is 18.3 Å². The molecule has 2 saturated heterocycles. The number of aliphatic hydroxyl groups is 3. The number of aromatic hydroxyl groups is 1. The topological polar surface area (TPSA) is 175 Å². The van der Waals surface area contributed by atoms with Crippen LogP contribution >= 0.6 is 11.6 Å². The Balaban J connectivity index is 1.29. The van der Waals surface area contributed by atoms with E-state index >= 15 is 4.79 Å². The van der Waals surface area contributed by atoms with Crippen LogP contribution in [-0.4, -0.2) is 105 Å². The number of benzene rings is 1. The number of rotatable bonds is 8. The summed E-state index contributed by atoms with van der Waals surface area (Å²) in [6, 6.07) is 2.25. The normalized spacial score (nSPS) is 41.7. The van der Waals surface area contributed by atoms with Crippen molar-refractivity contribution in [2.75, 3.05) is 14.1 Å². The van der Waals surface area contributed by atoms with Gasteiger partial charge in [-0.1, -0.05) is 87.7 Å². The number of phenolic OH excluding ortho intramolecular Hbond substituents is 1. The molecule has 5 N–H and O–H groups in total. The molecular weight excluding hydrogens is 824 g/mol. The number of fused-ring (bicyclic) bond motifs is 4. The van der Waals surface area contributed by atoms with Crippen molar-refractivity contribution in [2.45, 2.75) is 142 Å². The molecule has 12 nitrogen and oxygen atoms in total. The Bertz CT molecular complexity index is 2130. The molecule has 15 atom stereocenters. The van der Waals surface area contributed by atoms with E-state index in [1.807, 2.05) is 84.0 Å². The van der Waals surface area contributed by atoms with Gasteiger partial charge in [0.05, 0.1) is 36.0 Å². The van der Waals surface area contributed by atoms with Gasteiger partial charge in [0, 0.05) is 47.1 Å². The summed E-state index contributed by atoms with van der Waals surface area (Å²) in [6.45, 7) is 13.5. The summed E-state index contributed by atoms with van der Waals surface area (Å²) < 4.78 is 19.9. The van der Waals surface area contributed by atoms with Crippen LogP contribution in [0, 0.1) is 47.8 Å². The molecule has 6 aliphatic rings. The lowest BCUT2D eigenvalue weighted by atomic mass is 9.49. The molecule has 63 heavy (non-hydrogen) atoms. The van der Waals surface area contributed by atoms with Crippen LogP contribution in [0.3, 0.4) is 0 Å². The molecule has 1 amide bonds. The molecule has 1 aromatic carbocycles. The number of nitrogens with zero attached hydrogens (tertiary/aromatic N) is 1. The minimum absolute atomic E-state index is 0.0325. The fraction of sp³-hybridized carbons (Fsp3) is 0.620. The van der Waals surface area contributed by atoms with Gasteiger partial charge < -0.3 is 44.9 Å². The number of aliphatic hydroxyl groups excluding tert-OH is 3. The Morgan fingerprint density at radius 2 is 1.78 bits per heavy atom. The van der Waals surface area contributed by atoms with Crippen molar-refractivity contribution in [2.24, 2.45) is 40.9 Å². The number of likely N-dealkylation sites (N-methyl/N-ethyl adjacent to an activating group) is 1. The predicted octanol–water partition coefficient (Wildman–Crippen LogP) is 7.44. The summed E-state index contributed by atoms with van der Waals surface area (Å²) in [4.78, 5) is 45.2. The van der Waals surface area contributed by atoms with Gasteiger partial charge in [0.25, 0.3) is 5.91 Å². The van der Waals surface area contributed by atoms with Gasteiger partial charge in [-0.25, -0.2) is 4.79 Å². The summed E-state index contributed by atoms with van der Waals surface area (Å²) in [5.41, 5.74) is -0.832. The van der Waals surface area contributed by atoms with E-state index in [0.29, 0.717) is 36.3 Å². The Kier molecular flexibility index (Phi) is 13.7. The van der Waals surface area contributed by atoms with E-state index in [9.17, 15) is 30.0 Å². The van der Waals surface area contributed by atoms with Crippen LogP contribution in [0.4, 0.5) is 0 Å². The maximum absolute atomic E-state index is 15.2. The van der Waals surface area contributed by atoms with Crippen molar-refractivity contribution in [1.29, 1.82) is 0 Å². The Labute approximate surface area is 377 Å². The van der Waals surface area contributed by atoms with Crippen LogP contribution in [0.15, 0.2) is 71.1 Å². The van der Waals surface area contributed by atoms with E-state index in [-0.39, 0.29) is 46.9 Å². The maximum Gasteiger partial charge on any atom is 0.346 e. The van der Waals surface area contributed by atoms with Gasteiger partial charge in [-0.05, 0) is 102 Å². The van der Waals surface area contributed by atoms with Crippen molar-refractivity contribution >= 4 is 29.3 Å². The van der Waals surface area contributed by atoms with Crippen molar-refractivity contribution < 1.29 is 49.0 Å². The second-order valence-corrected chi connectivity index (χ2v) is 19.9. The molecule has 2 bridgehead atoms. The predicted molar refractivity (Wildman–Crippen MR) is 240 cm³/mol. The number of halogens is 1. The third-order valence-corrected chi connectivity index (χ3v) is 15.8. The second-order valence-electron chi connectivity index (χ2n) is 19.5. The zero-order valence-electron chi connectivity index (χ0n) is 38.1. The standard InChI is InChI=1S/C50H67ClN2O10/c1-10-13-29-16-17-31-20-25(3)38(62-39-23-35(53(8)9)43(28(6)61-39)52-47(59)40-27(5)34(51)18-19-36(40)54)15-12-14-33-30(11-2)22-32-42(26(4)21-37(55)44(32)56)49(33,7)45(57)41-46(58)50(31,24-29)63-48(41)60/h12,14,16-20,22,26,28-29,31-33,35,37-39,42-44,54-57H,10-11,13,15,21,23-24H2,1-9H3,(H,52,59)/b14-12+,25-20+,45-41+/t26-,28+,29-,31-,32-,33+,35+,37-,38-,39-,42+,43+,44+,49+,50-/m0/s1. The van der Waals surface area contributed by atoms with E-state index in [1.165, 1.54) is 6.07 Å². The molecule has 3 fully saturated rings. The summed E-state index contributed by atoms with van der Waals surface area (Å²) in [5, 5.41) is 49.3. The molecule has 7 rings (SSSR count). The minimum atomic E-state index is -1.59. The van der Waals surface area contributed by atoms with Crippen molar-refractivity contribution in [3.05, 3.63) is 87.2 Å². The number of carbonyl (C=O) groups is 3. The number of ether oxygens (including phenoxy) is 3. The first kappa shape index (κ1) is 47.2. The first-order valence-electron chi connectivity index (χ1n) is 22.9. The van der Waals surface area contributed by atoms with E-state index < -0.39 is 89.1 Å². The monoisotopic (exact) mass is 890 g/mol. The van der Waals surface area contributed by atoms with Gasteiger partial charge in [-0.15, -0.1) is 0 Å². The molecule has 4 aliphatic carbocycles. The number of hydrogen-bond acceptors (Lipinski definition) is 11. The van der Waals surface area contributed by atoms with Crippen molar-refractivity contribution in [3.63, 3.8) is 0 Å². The average molecular weight is 892 g/mol. The fourth-order valence-electron chi connectivity index (χ4n) is 12.1. The van der Waals surface area contributed by atoms with Crippen LogP contribution in [0.5, 0.6) is 5.75 Å². The molecule has 13 heteroatoms. The molecule has 2 heterocycles. The highest BCUT2D eigenvalue weighted by atomic mass is 35.5. The Morgan fingerprint density at radius 1 is 1.05 bits per heavy atom. The number of nitrogens with one attached hydrogen (secondary N) is 1. The molecule has 0 unspecified atom stereocenters. The van der Waals surface area contributed by atoms with Gasteiger partial charge in [0.1, 0.15) is 17.1 Å². The van der Waals surface area contributed by atoms with Gasteiger partial charge >= 0.3 is 5.97 Å². The zero-order valence-corrected chi connectivity index (χ0v) is 38.9. The lowest BCUT2D eigenvalue weighted by molar-refractivity contribution is -0.222. The number of phenols is 1. The van der Waals surface area contributed by atoms with Gasteiger partial charge in [0.2, 0.25) is 5.78 Å². The highest BCUT2D eigenvalue weighted by molar-refractivity contribution is 6.32. The fourth-order valence-corrected chi connectivity index (χ4v) is 12.3. The quantitative estimate of drug-likeness (QED) is 0.0997. The largest absolute Gasteiger partial charge is 0.511 e. The smallest absolute Gasteiger partial charge is 0.346 e. The summed E-state index contributed by atoms with van der Waals surface area (Å²) in [6.07, 6.45) is 11.9. The van der Waals surface area contributed by atoms with Crippen molar-refractivity contribution in [3.8, 4) is 5.75 Å². The number of allylic oxidation sites excluding steroid dienone is 4. The number of carbonyl (C=O) groups excluding carboxylic acids is 3. The molecule has 2 aliphatic heterocycles. The maximum atomic E-state index is 15.2. The first-order chi connectivity index (χ1) is 29.8. The molecule has 344 valence electrons. The summed E-state index contributed by atoms with van der Waals surface area (Å²) in [7, 11) is 3.87. The number of Topliss-reactive ketones (excluding diaryl/α,β-unsaturated/α-hetero) is 1. The highest BCUT2D eigenvalue weighted by Gasteiger charge is 2.63. The Morgan fingerprint density at radius 3 is 2.46 bits per heavy atom. The van der Waals surface area contributed by atoms with Crippen LogP contribution < -0.4 is 5.32 Å². The lowest BCUT2D eigenvalue weighted by Gasteiger charge is -2.56. The van der Waals surface area contributed by atoms with Crippen LogP contribution in [0.25, 0.3) is 0 Å². The molecule has 0 radical (unpaired) electrons. The van der Waals surface area contributed by atoms with Crippen LogP contribution in [0.1, 0.15) is 102 Å². The van der Waals surface area contributed by atoms with E-state index in [0.717, 1.165) is 24.0 Å². The number of esters is 1. The molecule has 1 aromatic rings. The summed E-state index contributed by atoms with van der Waals surface area (Å²) in [5.74, 6) is -4.65. The highest BCUT2D eigenvalue weighted by Crippen LogP contribution is 2.60. The molecular formula is C50H67ClN2O10. The van der Waals surface area contributed by atoms with Crippen LogP contribution in [0.2, 0.25) is 5.02 Å². The number of ketones is 1. The minimum Gasteiger partial charge on any atom is -0.511 e. The zero-order chi connectivity index (χ0) is 45.9. The molecule has 1 saturated carbocycles. The SMILES string of the molecule is CCC[C@H]1C=C[C@H]2/C=C(\C)[C@@H](O[C@H]3C[C@@H](N(C)C)[C@H](NC(=O)c4c(O)ccc(Cl)c4C)[C@@H](C)O3)C/C=C/[C@@H]3C(CC)=C[C@@H]4[C@@H](O)[C@@H](O)C[C@H](C)[C@H]4[C@]3(C)/C(O)=C3\C(=O)O[C@]2(C1)C3=O. The third kappa shape index (κ3) is 8.26. The average Bonchev–Trinajstić information content (AvgIpc) is 3.47. The molecule has 0 aromatic heterocycles. The van der Waals surface area contributed by atoms with E-state index in [1.54, 1.807) is 13.0 Å². The number of hydrogen-bond donors (Lipinski definition) is 5. The lowest BCUT2D eigenvalue weighted by Crippen LogP contribution is -2.60. The Hall–Kier alpha value is -3.78. The van der Waals surface area contributed by atoms with Crippen LogP contribution in [-0.2, 0) is 23.8 Å². The van der Waals surface area contributed by atoms with Crippen molar-refractivity contribution in [1.82, 2.24) is 10.2 Å².